The van der Waals surface area contributed by atoms with Crippen molar-refractivity contribution in [2.75, 3.05) is 27.9 Å². The van der Waals surface area contributed by atoms with Gasteiger partial charge in [0.05, 0.1) is 61.4 Å². The Morgan fingerprint density at radius 1 is 1.04 bits per heavy atom. The lowest BCUT2D eigenvalue weighted by atomic mass is 9.95. The van der Waals surface area contributed by atoms with E-state index in [2.05, 4.69) is 27.0 Å². The molecule has 0 amide bonds. The Morgan fingerprint density at radius 2 is 1.74 bits per heavy atom. The maximum Gasteiger partial charge on any atom is 0.338 e. The Labute approximate surface area is 277 Å². The molecule has 0 unspecified atom stereocenters. The number of ether oxygens (including phenoxy) is 5. The van der Waals surface area contributed by atoms with Gasteiger partial charge in [-0.3, -0.25) is 9.36 Å². The molecule has 3 aromatic carbocycles. The first kappa shape index (κ1) is 32.5. The van der Waals surface area contributed by atoms with Crippen molar-refractivity contribution < 1.29 is 28.5 Å². The fourth-order valence-electron chi connectivity index (χ4n) is 5.12. The molecule has 0 saturated carbocycles. The number of aromatic nitrogens is 1. The second-order valence-electron chi connectivity index (χ2n) is 10.00. The zero-order chi connectivity index (χ0) is 33.0. The Kier molecular flexibility index (Phi) is 9.94. The van der Waals surface area contributed by atoms with Crippen molar-refractivity contribution in [1.82, 2.24) is 4.57 Å². The number of benzene rings is 3. The molecular formula is C34H30BrN3O7S. The molecule has 1 aliphatic heterocycles. The molecule has 0 fully saturated rings. The van der Waals surface area contributed by atoms with Crippen molar-refractivity contribution in [3.63, 3.8) is 0 Å². The van der Waals surface area contributed by atoms with E-state index in [1.807, 2.05) is 18.2 Å². The number of carbonyl (C=O) groups excluding carboxylic acids is 1. The summed E-state index contributed by atoms with van der Waals surface area (Å²) in [5, 5.41) is 9.39. The van der Waals surface area contributed by atoms with Gasteiger partial charge in [0.25, 0.3) is 5.56 Å². The van der Waals surface area contributed by atoms with Crippen LogP contribution in [-0.4, -0.2) is 38.5 Å². The lowest BCUT2D eigenvalue weighted by molar-refractivity contribution is -0.139. The number of nitrogens with zero attached hydrogens (tertiary/aromatic N) is 3. The second kappa shape index (κ2) is 14.1. The number of esters is 1. The van der Waals surface area contributed by atoms with Gasteiger partial charge in [-0.2, -0.15) is 5.26 Å². The molecule has 46 heavy (non-hydrogen) atoms. The van der Waals surface area contributed by atoms with Crippen molar-refractivity contribution in [3.05, 3.63) is 112 Å². The number of thiazole rings is 1. The van der Waals surface area contributed by atoms with Gasteiger partial charge >= 0.3 is 5.97 Å². The van der Waals surface area contributed by atoms with E-state index in [4.69, 9.17) is 23.7 Å². The van der Waals surface area contributed by atoms with Gasteiger partial charge in [-0.15, -0.1) is 0 Å². The number of nitriles is 1. The van der Waals surface area contributed by atoms with Crippen LogP contribution in [0.1, 0.15) is 42.1 Å². The molecule has 1 aromatic heterocycles. The van der Waals surface area contributed by atoms with Gasteiger partial charge in [0.15, 0.2) is 27.8 Å². The van der Waals surface area contributed by atoms with Gasteiger partial charge < -0.3 is 23.7 Å². The fraction of sp³-hybridized carbons (Fsp3) is 0.235. The van der Waals surface area contributed by atoms with E-state index in [-0.39, 0.29) is 24.3 Å². The normalized spacial score (nSPS) is 14.2. The molecule has 0 bridgehead atoms. The van der Waals surface area contributed by atoms with E-state index < -0.39 is 12.0 Å². The van der Waals surface area contributed by atoms with Crippen LogP contribution in [0.3, 0.4) is 0 Å². The third-order valence-corrected chi connectivity index (χ3v) is 8.99. The molecule has 0 aliphatic carbocycles. The van der Waals surface area contributed by atoms with E-state index in [1.54, 1.807) is 56.3 Å². The first-order valence-corrected chi connectivity index (χ1v) is 15.7. The van der Waals surface area contributed by atoms with Crippen LogP contribution in [0.2, 0.25) is 0 Å². The summed E-state index contributed by atoms with van der Waals surface area (Å²) in [5.74, 6) is 1.30. The highest BCUT2D eigenvalue weighted by Crippen LogP contribution is 2.41. The highest BCUT2D eigenvalue weighted by atomic mass is 79.9. The van der Waals surface area contributed by atoms with Crippen molar-refractivity contribution in [1.29, 1.82) is 5.26 Å². The third kappa shape index (κ3) is 6.29. The lowest BCUT2D eigenvalue weighted by Crippen LogP contribution is -2.40. The summed E-state index contributed by atoms with van der Waals surface area (Å²) < 4.78 is 30.5. The minimum absolute atomic E-state index is 0.159. The number of hydrogen-bond donors (Lipinski definition) is 0. The van der Waals surface area contributed by atoms with E-state index >= 15 is 0 Å². The number of methoxy groups -OCH3 is 3. The zero-order valence-corrected chi connectivity index (χ0v) is 28.2. The molecule has 2 heterocycles. The SMILES string of the molecule is CCOC(=O)C1=C(C)N=c2s/c(=C\c3ccc(OCc4ccccc4C#N)c(OC)c3)c(=O)n2[C@@H]1c1cc(OC)c(OC)cc1Br. The van der Waals surface area contributed by atoms with Crippen molar-refractivity contribution in [3.8, 4) is 29.1 Å². The Bertz CT molecular complexity index is 2080. The van der Waals surface area contributed by atoms with Crippen LogP contribution in [0.4, 0.5) is 0 Å². The zero-order valence-electron chi connectivity index (χ0n) is 25.8. The first-order chi connectivity index (χ1) is 22.2. The van der Waals surface area contributed by atoms with Gasteiger partial charge in [0.2, 0.25) is 0 Å². The molecule has 0 spiro atoms. The fourth-order valence-corrected chi connectivity index (χ4v) is 6.71. The molecule has 5 rings (SSSR count). The molecule has 4 aromatic rings. The lowest BCUT2D eigenvalue weighted by Gasteiger charge is -2.26. The van der Waals surface area contributed by atoms with Crippen LogP contribution in [0, 0.1) is 11.3 Å². The van der Waals surface area contributed by atoms with Gasteiger partial charge in [0.1, 0.15) is 6.61 Å². The standard InChI is InChI=1S/C34H30BrN3O7S/c1-6-44-33(40)30-19(2)37-34-38(31(30)23-15-27(42-4)28(43-5)16-24(23)35)32(39)29(46-34)14-20-11-12-25(26(13-20)41-3)45-18-22-10-8-7-9-21(22)17-36/h7-16,31H,6,18H2,1-5H3/b29-14-/t31-/m1/s1. The predicted molar refractivity (Wildman–Crippen MR) is 176 cm³/mol. The highest BCUT2D eigenvalue weighted by molar-refractivity contribution is 9.10. The Balaban J connectivity index is 1.59. The summed E-state index contributed by atoms with van der Waals surface area (Å²) >= 11 is 4.82. The van der Waals surface area contributed by atoms with E-state index in [0.717, 1.165) is 5.56 Å². The molecular weight excluding hydrogens is 674 g/mol. The average Bonchev–Trinajstić information content (AvgIpc) is 3.36. The van der Waals surface area contributed by atoms with Crippen LogP contribution >= 0.6 is 27.3 Å². The molecule has 0 N–H and O–H groups in total. The molecule has 12 heteroatoms. The van der Waals surface area contributed by atoms with Gasteiger partial charge in [-0.1, -0.05) is 51.5 Å². The number of rotatable bonds is 10. The van der Waals surface area contributed by atoms with Gasteiger partial charge in [0, 0.05) is 10.0 Å². The minimum atomic E-state index is -0.853. The predicted octanol–water partition coefficient (Wildman–Crippen LogP) is 5.04. The molecule has 10 nitrogen and oxygen atoms in total. The maximum atomic E-state index is 14.1. The van der Waals surface area contributed by atoms with Crippen LogP contribution < -0.4 is 33.8 Å². The first-order valence-electron chi connectivity index (χ1n) is 14.1. The summed E-state index contributed by atoms with van der Waals surface area (Å²) in [6.07, 6.45) is 1.74. The summed E-state index contributed by atoms with van der Waals surface area (Å²) in [7, 11) is 4.58. The van der Waals surface area contributed by atoms with E-state index in [1.165, 1.54) is 37.2 Å². The number of hydrogen-bond acceptors (Lipinski definition) is 10. The summed E-state index contributed by atoms with van der Waals surface area (Å²) in [5.41, 5.74) is 2.94. The summed E-state index contributed by atoms with van der Waals surface area (Å²) in [6, 6.07) is 17.3. The number of allylic oxidation sites excluding steroid dienone is 1. The highest BCUT2D eigenvalue weighted by Gasteiger charge is 2.35. The smallest absolute Gasteiger partial charge is 0.338 e. The second-order valence-corrected chi connectivity index (χ2v) is 11.9. The summed E-state index contributed by atoms with van der Waals surface area (Å²) in [6.45, 7) is 3.79. The quantitative estimate of drug-likeness (QED) is 0.211. The van der Waals surface area contributed by atoms with Gasteiger partial charge in [-0.25, -0.2) is 9.79 Å². The largest absolute Gasteiger partial charge is 0.493 e. The van der Waals surface area contributed by atoms with Crippen LogP contribution in [0.15, 0.2) is 80.1 Å². The average molecular weight is 705 g/mol. The molecule has 236 valence electrons. The summed E-state index contributed by atoms with van der Waals surface area (Å²) in [4.78, 5) is 32.5. The van der Waals surface area contributed by atoms with Crippen molar-refractivity contribution >= 4 is 39.3 Å². The van der Waals surface area contributed by atoms with Gasteiger partial charge in [-0.05, 0) is 61.4 Å². The number of fused-ring (bicyclic) bond motifs is 1. The van der Waals surface area contributed by atoms with Crippen LogP contribution in [0.25, 0.3) is 6.08 Å². The van der Waals surface area contributed by atoms with Crippen molar-refractivity contribution in [2.24, 2.45) is 4.99 Å². The topological polar surface area (TPSA) is 121 Å². The molecule has 0 radical (unpaired) electrons. The Morgan fingerprint density at radius 3 is 2.43 bits per heavy atom. The van der Waals surface area contributed by atoms with Crippen molar-refractivity contribution in [2.45, 2.75) is 26.5 Å². The molecule has 0 saturated heterocycles. The van der Waals surface area contributed by atoms with Crippen LogP contribution in [0.5, 0.6) is 23.0 Å². The maximum absolute atomic E-state index is 14.1. The number of carbonyl (C=O) groups is 1. The third-order valence-electron chi connectivity index (χ3n) is 7.32. The minimum Gasteiger partial charge on any atom is -0.493 e. The Hall–Kier alpha value is -4.86. The van der Waals surface area contributed by atoms with E-state index in [0.29, 0.717) is 59.2 Å². The molecule has 1 aliphatic rings. The number of halogens is 1. The van der Waals surface area contributed by atoms with E-state index in [9.17, 15) is 14.9 Å². The monoisotopic (exact) mass is 703 g/mol. The molecule has 1 atom stereocenters. The van der Waals surface area contributed by atoms with Crippen LogP contribution in [-0.2, 0) is 16.1 Å².